The fourth-order valence-electron chi connectivity index (χ4n) is 1.26. The lowest BCUT2D eigenvalue weighted by atomic mass is 10.0. The molecule has 0 bridgehead atoms. The van der Waals surface area contributed by atoms with E-state index in [9.17, 15) is 9.59 Å². The Balaban J connectivity index is 3.33. The van der Waals surface area contributed by atoms with Crippen LogP contribution in [0, 0.1) is 0 Å². The fraction of sp³-hybridized carbons (Fsp3) is 0.182. The lowest BCUT2D eigenvalue weighted by Gasteiger charge is -2.06. The first-order valence-electron chi connectivity index (χ1n) is 4.64. The van der Waals surface area contributed by atoms with Crippen LogP contribution >= 0.6 is 0 Å². The molecule has 17 heavy (non-hydrogen) atoms. The molecule has 0 atom stereocenters. The van der Waals surface area contributed by atoms with E-state index in [1.807, 2.05) is 0 Å². The molecule has 0 heterocycles. The molecule has 0 fully saturated rings. The second-order valence-electron chi connectivity index (χ2n) is 2.96. The van der Waals surface area contributed by atoms with Gasteiger partial charge in [-0.05, 0) is 6.07 Å². The number of nitrogens with zero attached hydrogens (tertiary/aromatic N) is 1. The van der Waals surface area contributed by atoms with Gasteiger partial charge in [-0.25, -0.2) is 9.59 Å². The van der Waals surface area contributed by atoms with Crippen molar-refractivity contribution in [1.29, 1.82) is 0 Å². The first kappa shape index (κ1) is 12.7. The van der Waals surface area contributed by atoms with Crippen LogP contribution in [0.15, 0.2) is 29.4 Å². The SMILES string of the molecule is CON=C(C(=O)OC)c1ccccc1C(=O)O. The van der Waals surface area contributed by atoms with Crippen molar-refractivity contribution in [2.45, 2.75) is 0 Å². The Bertz CT molecular complexity index is 467. The maximum Gasteiger partial charge on any atom is 0.360 e. The topological polar surface area (TPSA) is 85.2 Å². The number of rotatable bonds is 4. The Morgan fingerprint density at radius 1 is 1.18 bits per heavy atom. The third-order valence-electron chi connectivity index (χ3n) is 1.97. The van der Waals surface area contributed by atoms with E-state index < -0.39 is 11.9 Å². The fourth-order valence-corrected chi connectivity index (χ4v) is 1.26. The van der Waals surface area contributed by atoms with Crippen molar-refractivity contribution in [3.63, 3.8) is 0 Å². The molecule has 0 aromatic heterocycles. The summed E-state index contributed by atoms with van der Waals surface area (Å²) in [5.41, 5.74) is -0.0876. The van der Waals surface area contributed by atoms with Crippen molar-refractivity contribution in [1.82, 2.24) is 0 Å². The zero-order valence-corrected chi connectivity index (χ0v) is 9.34. The maximum atomic E-state index is 11.5. The number of hydrogen-bond acceptors (Lipinski definition) is 5. The lowest BCUT2D eigenvalue weighted by molar-refractivity contribution is -0.132. The van der Waals surface area contributed by atoms with E-state index in [2.05, 4.69) is 14.7 Å². The van der Waals surface area contributed by atoms with Gasteiger partial charge in [0.05, 0.1) is 12.7 Å². The van der Waals surface area contributed by atoms with Gasteiger partial charge in [-0.3, -0.25) is 0 Å². The van der Waals surface area contributed by atoms with E-state index in [0.29, 0.717) is 0 Å². The number of carbonyl (C=O) groups excluding carboxylic acids is 1. The van der Waals surface area contributed by atoms with Crippen LogP contribution in [0.2, 0.25) is 0 Å². The van der Waals surface area contributed by atoms with Crippen LogP contribution in [0.4, 0.5) is 0 Å². The first-order valence-corrected chi connectivity index (χ1v) is 4.64. The lowest BCUT2D eigenvalue weighted by Crippen LogP contribution is -2.20. The Morgan fingerprint density at radius 2 is 1.76 bits per heavy atom. The van der Waals surface area contributed by atoms with Crippen molar-refractivity contribution in [3.05, 3.63) is 35.4 Å². The number of ether oxygens (including phenoxy) is 1. The van der Waals surface area contributed by atoms with Crippen molar-refractivity contribution >= 4 is 17.7 Å². The number of carboxylic acid groups (broad SMARTS) is 1. The zero-order chi connectivity index (χ0) is 12.8. The van der Waals surface area contributed by atoms with Crippen molar-refractivity contribution in [3.8, 4) is 0 Å². The predicted molar refractivity (Wildman–Crippen MR) is 59.0 cm³/mol. The minimum atomic E-state index is -1.16. The largest absolute Gasteiger partial charge is 0.478 e. The van der Waals surface area contributed by atoms with E-state index in [-0.39, 0.29) is 16.8 Å². The predicted octanol–water partition coefficient (Wildman–Crippen LogP) is 0.908. The van der Waals surface area contributed by atoms with Gasteiger partial charge in [-0.2, -0.15) is 0 Å². The van der Waals surface area contributed by atoms with Crippen LogP contribution in [-0.4, -0.2) is 37.0 Å². The Labute approximate surface area is 97.4 Å². The molecule has 1 aromatic rings. The summed E-state index contributed by atoms with van der Waals surface area (Å²) in [5, 5.41) is 12.5. The van der Waals surface area contributed by atoms with Gasteiger partial charge in [-0.1, -0.05) is 23.4 Å². The summed E-state index contributed by atoms with van der Waals surface area (Å²) in [6.07, 6.45) is 0. The molecular formula is C11H11NO5. The molecule has 0 aliphatic heterocycles. The summed E-state index contributed by atoms with van der Waals surface area (Å²) < 4.78 is 4.51. The number of esters is 1. The molecule has 0 spiro atoms. The Hall–Kier alpha value is -2.37. The second kappa shape index (κ2) is 5.64. The molecule has 0 saturated carbocycles. The zero-order valence-electron chi connectivity index (χ0n) is 9.34. The quantitative estimate of drug-likeness (QED) is 0.478. The number of benzene rings is 1. The highest BCUT2D eigenvalue weighted by atomic mass is 16.6. The molecule has 6 nitrogen and oxygen atoms in total. The number of hydrogen-bond donors (Lipinski definition) is 1. The number of carboxylic acids is 1. The molecule has 0 aliphatic rings. The minimum absolute atomic E-state index is 0.0475. The smallest absolute Gasteiger partial charge is 0.360 e. The van der Waals surface area contributed by atoms with Crippen LogP contribution in [0.1, 0.15) is 15.9 Å². The molecule has 1 N–H and O–H groups in total. The van der Waals surface area contributed by atoms with Gasteiger partial charge < -0.3 is 14.7 Å². The normalized spacial score (nSPS) is 10.8. The molecule has 0 saturated heterocycles. The van der Waals surface area contributed by atoms with Crippen LogP contribution in [0.3, 0.4) is 0 Å². The molecule has 0 amide bonds. The maximum absolute atomic E-state index is 11.5. The van der Waals surface area contributed by atoms with Gasteiger partial charge in [0.1, 0.15) is 7.11 Å². The summed E-state index contributed by atoms with van der Waals surface area (Å²) in [6, 6.07) is 5.97. The highest BCUT2D eigenvalue weighted by molar-refractivity contribution is 6.44. The number of carbonyl (C=O) groups is 2. The van der Waals surface area contributed by atoms with Crippen LogP contribution in [0.5, 0.6) is 0 Å². The monoisotopic (exact) mass is 237 g/mol. The summed E-state index contributed by atoms with van der Waals surface area (Å²) in [5.74, 6) is -1.92. The number of aromatic carboxylic acids is 1. The molecular weight excluding hydrogens is 226 g/mol. The van der Waals surface area contributed by atoms with E-state index in [4.69, 9.17) is 5.11 Å². The van der Waals surface area contributed by atoms with E-state index in [0.717, 1.165) is 0 Å². The average molecular weight is 237 g/mol. The molecule has 0 unspecified atom stereocenters. The highest BCUT2D eigenvalue weighted by Crippen LogP contribution is 2.11. The van der Waals surface area contributed by atoms with Gasteiger partial charge in [0.15, 0.2) is 5.71 Å². The Morgan fingerprint density at radius 3 is 2.24 bits per heavy atom. The van der Waals surface area contributed by atoms with Crippen molar-refractivity contribution < 1.29 is 24.3 Å². The highest BCUT2D eigenvalue weighted by Gasteiger charge is 2.21. The van der Waals surface area contributed by atoms with Gasteiger partial charge in [0, 0.05) is 5.56 Å². The van der Waals surface area contributed by atoms with Crippen LogP contribution in [0.25, 0.3) is 0 Å². The van der Waals surface area contributed by atoms with Crippen molar-refractivity contribution in [2.75, 3.05) is 14.2 Å². The average Bonchev–Trinajstić information content (AvgIpc) is 2.35. The second-order valence-corrected chi connectivity index (χ2v) is 2.96. The van der Waals surface area contributed by atoms with E-state index >= 15 is 0 Å². The van der Waals surface area contributed by atoms with Crippen LogP contribution in [-0.2, 0) is 14.4 Å². The molecule has 1 aromatic carbocycles. The minimum Gasteiger partial charge on any atom is -0.478 e. The molecule has 1 rings (SSSR count). The third-order valence-corrected chi connectivity index (χ3v) is 1.97. The molecule has 0 radical (unpaired) electrons. The number of oxime groups is 1. The molecule has 6 heteroatoms. The molecule has 90 valence electrons. The van der Waals surface area contributed by atoms with E-state index in [1.54, 1.807) is 12.1 Å². The van der Waals surface area contributed by atoms with Gasteiger partial charge in [0.25, 0.3) is 0 Å². The van der Waals surface area contributed by atoms with E-state index in [1.165, 1.54) is 26.4 Å². The number of methoxy groups -OCH3 is 1. The standard InChI is InChI=1S/C11H11NO5/c1-16-11(15)9(12-17-2)7-5-3-4-6-8(7)10(13)14/h3-6H,1-2H3,(H,13,14). The summed E-state index contributed by atoms with van der Waals surface area (Å²) in [6.45, 7) is 0. The summed E-state index contributed by atoms with van der Waals surface area (Å²) in [7, 11) is 2.43. The summed E-state index contributed by atoms with van der Waals surface area (Å²) in [4.78, 5) is 27.0. The first-order chi connectivity index (χ1) is 8.11. The van der Waals surface area contributed by atoms with Gasteiger partial charge >= 0.3 is 11.9 Å². The van der Waals surface area contributed by atoms with Gasteiger partial charge in [-0.15, -0.1) is 0 Å². The summed E-state index contributed by atoms with van der Waals surface area (Å²) >= 11 is 0. The third kappa shape index (κ3) is 2.81. The van der Waals surface area contributed by atoms with Crippen molar-refractivity contribution in [2.24, 2.45) is 5.16 Å². The van der Waals surface area contributed by atoms with Crippen LogP contribution < -0.4 is 0 Å². The molecule has 0 aliphatic carbocycles. The Kier molecular flexibility index (Phi) is 4.21. The van der Waals surface area contributed by atoms with Gasteiger partial charge in [0.2, 0.25) is 0 Å².